The van der Waals surface area contributed by atoms with Crippen molar-refractivity contribution in [1.29, 1.82) is 0 Å². The molecule has 1 amide bonds. The number of alkyl halides is 3. The van der Waals surface area contributed by atoms with Crippen LogP contribution in [0.3, 0.4) is 0 Å². The van der Waals surface area contributed by atoms with Gasteiger partial charge in [0.25, 0.3) is 0 Å². The van der Waals surface area contributed by atoms with Crippen molar-refractivity contribution in [3.63, 3.8) is 0 Å². The third-order valence-corrected chi connectivity index (χ3v) is 3.48. The maximum absolute atomic E-state index is 12.8. The van der Waals surface area contributed by atoms with Crippen molar-refractivity contribution in [2.75, 3.05) is 6.54 Å². The molecule has 1 aliphatic rings. The number of amides is 1. The van der Waals surface area contributed by atoms with Gasteiger partial charge in [0.2, 0.25) is 11.4 Å². The maximum atomic E-state index is 12.8. The molecule has 0 aromatic rings. The van der Waals surface area contributed by atoms with E-state index in [4.69, 9.17) is 5.11 Å². The summed E-state index contributed by atoms with van der Waals surface area (Å²) in [5, 5.41) is 13.2. The van der Waals surface area contributed by atoms with Crippen molar-refractivity contribution in [3.05, 3.63) is 0 Å². The molecule has 110 valence electrons. The topological polar surface area (TPSA) is 78.4 Å². The fourth-order valence-corrected chi connectivity index (χ4v) is 1.86. The fourth-order valence-electron chi connectivity index (χ4n) is 1.86. The minimum Gasteiger partial charge on any atom is -0.479 e. The monoisotopic (exact) mass is 282 g/mol. The normalized spacial score (nSPS) is 27.4. The van der Waals surface area contributed by atoms with Crippen molar-refractivity contribution in [2.45, 2.75) is 50.4 Å². The van der Waals surface area contributed by atoms with Gasteiger partial charge in [-0.25, -0.2) is 4.79 Å². The van der Waals surface area contributed by atoms with Crippen molar-refractivity contribution >= 4 is 11.9 Å². The van der Waals surface area contributed by atoms with Gasteiger partial charge in [-0.05, 0) is 39.7 Å². The molecular weight excluding hydrogens is 265 g/mol. The van der Waals surface area contributed by atoms with E-state index in [-0.39, 0.29) is 0 Å². The molecule has 0 aromatic heterocycles. The Hall–Kier alpha value is -1.31. The van der Waals surface area contributed by atoms with Gasteiger partial charge in [0.05, 0.1) is 5.54 Å². The highest BCUT2D eigenvalue weighted by Gasteiger charge is 2.59. The Labute approximate surface area is 108 Å². The molecule has 3 N–H and O–H groups in total. The van der Waals surface area contributed by atoms with E-state index >= 15 is 0 Å². The molecule has 5 nitrogen and oxygen atoms in total. The van der Waals surface area contributed by atoms with Gasteiger partial charge in [-0.3, -0.25) is 4.79 Å². The van der Waals surface area contributed by atoms with E-state index in [2.05, 4.69) is 5.32 Å². The van der Waals surface area contributed by atoms with Crippen LogP contribution in [-0.2, 0) is 9.59 Å². The molecule has 1 heterocycles. The summed E-state index contributed by atoms with van der Waals surface area (Å²) in [6.45, 7) is 2.43. The van der Waals surface area contributed by atoms with Gasteiger partial charge in [-0.15, -0.1) is 0 Å². The summed E-state index contributed by atoms with van der Waals surface area (Å²) in [5.74, 6) is -3.08. The summed E-state index contributed by atoms with van der Waals surface area (Å²) in [6, 6.07) is 0. The van der Waals surface area contributed by atoms with Crippen LogP contribution in [0.2, 0.25) is 0 Å². The minimum absolute atomic E-state index is 0.367. The van der Waals surface area contributed by atoms with Crippen LogP contribution >= 0.6 is 0 Å². The van der Waals surface area contributed by atoms with Crippen LogP contribution in [0, 0.1) is 0 Å². The Morgan fingerprint density at radius 2 is 1.89 bits per heavy atom. The fraction of sp³-hybridized carbons (Fsp3) is 0.818. The van der Waals surface area contributed by atoms with E-state index in [1.54, 1.807) is 5.32 Å². The summed E-state index contributed by atoms with van der Waals surface area (Å²) in [7, 11) is 0. The molecule has 1 rings (SSSR count). The summed E-state index contributed by atoms with van der Waals surface area (Å²) >= 11 is 0. The first kappa shape index (κ1) is 15.7. The second-order valence-electron chi connectivity index (χ2n) is 5.10. The van der Waals surface area contributed by atoms with Gasteiger partial charge < -0.3 is 15.7 Å². The molecule has 8 heteroatoms. The summed E-state index contributed by atoms with van der Waals surface area (Å²) in [6.07, 6.45) is -3.17. The molecule has 0 spiro atoms. The molecule has 2 atom stereocenters. The van der Waals surface area contributed by atoms with Crippen molar-refractivity contribution in [2.24, 2.45) is 0 Å². The highest BCUT2D eigenvalue weighted by molar-refractivity contribution is 5.92. The van der Waals surface area contributed by atoms with Gasteiger partial charge in [0.15, 0.2) is 0 Å². The molecule has 0 bridgehead atoms. The lowest BCUT2D eigenvalue weighted by atomic mass is 9.88. The second kappa shape index (κ2) is 4.99. The Kier molecular flexibility index (Phi) is 4.14. The van der Waals surface area contributed by atoms with E-state index in [9.17, 15) is 22.8 Å². The van der Waals surface area contributed by atoms with Gasteiger partial charge in [-0.1, -0.05) is 0 Å². The number of rotatable bonds is 3. The van der Waals surface area contributed by atoms with Crippen LogP contribution in [0.1, 0.15) is 33.1 Å². The number of hydrogen-bond donors (Lipinski definition) is 3. The zero-order valence-corrected chi connectivity index (χ0v) is 10.7. The lowest BCUT2D eigenvalue weighted by molar-refractivity contribution is -0.207. The largest absolute Gasteiger partial charge is 0.479 e. The molecule has 1 aliphatic heterocycles. The van der Waals surface area contributed by atoms with E-state index < -0.39 is 29.1 Å². The molecule has 19 heavy (non-hydrogen) atoms. The van der Waals surface area contributed by atoms with Crippen molar-refractivity contribution in [1.82, 2.24) is 10.6 Å². The van der Waals surface area contributed by atoms with Crippen LogP contribution in [0.25, 0.3) is 0 Å². The predicted molar refractivity (Wildman–Crippen MR) is 60.5 cm³/mol. The standard InChI is InChI=1S/C11H17F3N2O3/c1-9(5-3-4-6-15-9)7(17)16-10(2,8(18)19)11(12,13)14/h15H,3-6H2,1-2H3,(H,16,17)(H,18,19). The first-order valence-electron chi connectivity index (χ1n) is 5.91. The number of carbonyl (C=O) groups is 2. The van der Waals surface area contributed by atoms with E-state index in [0.717, 1.165) is 6.42 Å². The number of aliphatic carboxylic acids is 1. The van der Waals surface area contributed by atoms with Crippen molar-refractivity contribution < 1.29 is 27.9 Å². The summed E-state index contributed by atoms with van der Waals surface area (Å²) in [4.78, 5) is 22.8. The Morgan fingerprint density at radius 3 is 2.26 bits per heavy atom. The number of carboxylic acids is 1. The average Bonchev–Trinajstić information content (AvgIpc) is 2.28. The minimum atomic E-state index is -5.07. The smallest absolute Gasteiger partial charge is 0.422 e. The molecule has 2 unspecified atom stereocenters. The zero-order valence-electron chi connectivity index (χ0n) is 10.7. The van der Waals surface area contributed by atoms with E-state index in [0.29, 0.717) is 26.3 Å². The average molecular weight is 282 g/mol. The number of nitrogens with one attached hydrogen (secondary N) is 2. The third kappa shape index (κ3) is 2.99. The highest BCUT2D eigenvalue weighted by Crippen LogP contribution is 2.31. The first-order valence-corrected chi connectivity index (χ1v) is 5.91. The summed E-state index contributed by atoms with van der Waals surface area (Å²) in [5.41, 5.74) is -4.45. The Morgan fingerprint density at radius 1 is 1.32 bits per heavy atom. The lowest BCUT2D eigenvalue weighted by Gasteiger charge is -2.37. The van der Waals surface area contributed by atoms with Crippen LogP contribution in [0.15, 0.2) is 0 Å². The van der Waals surface area contributed by atoms with Gasteiger partial charge in [0, 0.05) is 0 Å². The van der Waals surface area contributed by atoms with Crippen LogP contribution in [0.5, 0.6) is 0 Å². The van der Waals surface area contributed by atoms with Gasteiger partial charge >= 0.3 is 12.1 Å². The number of carbonyl (C=O) groups excluding carboxylic acids is 1. The van der Waals surface area contributed by atoms with Crippen LogP contribution in [0.4, 0.5) is 13.2 Å². The van der Waals surface area contributed by atoms with Crippen molar-refractivity contribution in [3.8, 4) is 0 Å². The number of hydrogen-bond acceptors (Lipinski definition) is 3. The first-order chi connectivity index (χ1) is 8.53. The van der Waals surface area contributed by atoms with Crippen LogP contribution in [-0.4, -0.2) is 40.8 Å². The molecule has 0 radical (unpaired) electrons. The summed E-state index contributed by atoms with van der Waals surface area (Å²) < 4.78 is 38.4. The molecule has 1 saturated heterocycles. The maximum Gasteiger partial charge on any atom is 0.422 e. The third-order valence-electron chi connectivity index (χ3n) is 3.48. The molecule has 0 aliphatic carbocycles. The number of piperidine rings is 1. The molecule has 1 fully saturated rings. The van der Waals surface area contributed by atoms with Gasteiger partial charge in [-0.2, -0.15) is 13.2 Å². The lowest BCUT2D eigenvalue weighted by Crippen LogP contribution is -2.68. The molecular formula is C11H17F3N2O3. The predicted octanol–water partition coefficient (Wildman–Crippen LogP) is 1.04. The molecule has 0 saturated carbocycles. The quantitative estimate of drug-likeness (QED) is 0.722. The second-order valence-corrected chi connectivity index (χ2v) is 5.10. The molecule has 0 aromatic carbocycles. The van der Waals surface area contributed by atoms with Gasteiger partial charge in [0.1, 0.15) is 0 Å². The number of halogens is 3. The van der Waals surface area contributed by atoms with E-state index in [1.807, 2.05) is 0 Å². The zero-order chi connectivity index (χ0) is 14.9. The Bertz CT molecular complexity index is 378. The highest BCUT2D eigenvalue weighted by atomic mass is 19.4. The Balaban J connectivity index is 2.92. The SMILES string of the molecule is CC1(C(=O)NC(C)(C(=O)O)C(F)(F)F)CCCCN1. The van der Waals surface area contributed by atoms with Crippen LogP contribution < -0.4 is 10.6 Å². The number of carboxylic acid groups (broad SMARTS) is 1. The van der Waals surface area contributed by atoms with E-state index in [1.165, 1.54) is 6.92 Å².